The average Bonchev–Trinajstić information content (AvgIpc) is 3.04. The van der Waals surface area contributed by atoms with E-state index < -0.39 is 5.60 Å². The number of ether oxygens (including phenoxy) is 3. The molecule has 2 aliphatic heterocycles. The third-order valence-corrected chi connectivity index (χ3v) is 6.77. The van der Waals surface area contributed by atoms with Crippen molar-refractivity contribution in [2.45, 2.75) is 26.0 Å². The first-order chi connectivity index (χ1) is 17.4. The highest BCUT2D eigenvalue weighted by Crippen LogP contribution is 2.21. The summed E-state index contributed by atoms with van der Waals surface area (Å²) in [5, 5.41) is 11.5. The van der Waals surface area contributed by atoms with Gasteiger partial charge in [0.1, 0.15) is 30.3 Å². The van der Waals surface area contributed by atoms with Crippen LogP contribution in [-0.2, 0) is 16.1 Å². The maximum absolute atomic E-state index is 12.2. The minimum absolute atomic E-state index is 0.0378. The molecule has 4 rings (SSSR count). The number of aliphatic hydroxyl groups is 1. The predicted octanol–water partition coefficient (Wildman–Crippen LogP) is 2.18. The van der Waals surface area contributed by atoms with Gasteiger partial charge in [0.2, 0.25) is 5.91 Å². The van der Waals surface area contributed by atoms with Crippen molar-refractivity contribution < 1.29 is 24.1 Å². The van der Waals surface area contributed by atoms with Gasteiger partial charge in [-0.2, -0.15) is 0 Å². The average molecular weight is 498 g/mol. The third-order valence-electron chi connectivity index (χ3n) is 6.77. The Kier molecular flexibility index (Phi) is 9.20. The number of β-amino-alcohol motifs (C(OH)–C–C–N with tert-alkyl or cyclic N) is 1. The highest BCUT2D eigenvalue weighted by molar-refractivity contribution is 5.73. The topological polar surface area (TPSA) is 74.7 Å². The zero-order valence-electron chi connectivity index (χ0n) is 21.5. The van der Waals surface area contributed by atoms with Crippen LogP contribution in [0.25, 0.3) is 0 Å². The highest BCUT2D eigenvalue weighted by atomic mass is 16.5. The summed E-state index contributed by atoms with van der Waals surface area (Å²) in [7, 11) is 0. The first-order valence-electron chi connectivity index (χ1n) is 12.8. The third kappa shape index (κ3) is 7.93. The quantitative estimate of drug-likeness (QED) is 0.569. The molecule has 2 aliphatic rings. The van der Waals surface area contributed by atoms with Crippen LogP contribution in [0.5, 0.6) is 11.5 Å². The molecule has 0 unspecified atom stereocenters. The predicted molar refractivity (Wildman–Crippen MR) is 138 cm³/mol. The van der Waals surface area contributed by atoms with Gasteiger partial charge in [-0.05, 0) is 36.8 Å². The standard InChI is InChI=1S/C28H39N3O5/c1-23-3-7-27(8-4-23)36-22-28(33)20-30(11-12-31(21-28)24(2)32)19-25-5-9-26(10-6-25)35-18-15-29-13-16-34-17-14-29/h3-10,33H,11-22H2,1-2H3/t28-/m0/s1. The summed E-state index contributed by atoms with van der Waals surface area (Å²) in [6.07, 6.45) is 0. The molecule has 2 heterocycles. The number of morpholine rings is 1. The first-order valence-corrected chi connectivity index (χ1v) is 12.8. The molecular weight excluding hydrogens is 458 g/mol. The second kappa shape index (κ2) is 12.5. The number of rotatable bonds is 9. The minimum Gasteiger partial charge on any atom is -0.492 e. The lowest BCUT2D eigenvalue weighted by Gasteiger charge is -2.32. The molecule has 196 valence electrons. The number of hydrogen-bond donors (Lipinski definition) is 1. The Hall–Kier alpha value is -2.65. The van der Waals surface area contributed by atoms with Crippen molar-refractivity contribution in [1.82, 2.24) is 14.7 Å². The van der Waals surface area contributed by atoms with E-state index in [1.807, 2.05) is 43.3 Å². The second-order valence-corrected chi connectivity index (χ2v) is 9.92. The Bertz CT molecular complexity index is 962. The van der Waals surface area contributed by atoms with E-state index in [0.29, 0.717) is 38.5 Å². The maximum Gasteiger partial charge on any atom is 0.219 e. The fourth-order valence-electron chi connectivity index (χ4n) is 4.66. The van der Waals surface area contributed by atoms with Crippen LogP contribution < -0.4 is 9.47 Å². The molecule has 0 saturated carbocycles. The Morgan fingerprint density at radius 3 is 2.28 bits per heavy atom. The number of carbonyl (C=O) groups is 1. The largest absolute Gasteiger partial charge is 0.492 e. The molecule has 8 nitrogen and oxygen atoms in total. The molecule has 0 radical (unpaired) electrons. The van der Waals surface area contributed by atoms with Crippen LogP contribution in [0.4, 0.5) is 0 Å². The Labute approximate surface area is 214 Å². The maximum atomic E-state index is 12.2. The molecule has 1 N–H and O–H groups in total. The van der Waals surface area contributed by atoms with Crippen LogP contribution in [0.3, 0.4) is 0 Å². The molecule has 0 bridgehead atoms. The molecule has 36 heavy (non-hydrogen) atoms. The first kappa shape index (κ1) is 26.4. The highest BCUT2D eigenvalue weighted by Gasteiger charge is 2.36. The van der Waals surface area contributed by atoms with Gasteiger partial charge in [0, 0.05) is 52.7 Å². The Morgan fingerprint density at radius 2 is 1.58 bits per heavy atom. The van der Waals surface area contributed by atoms with Crippen LogP contribution in [-0.4, -0.2) is 104 Å². The molecule has 0 aliphatic carbocycles. The number of benzene rings is 2. The Balaban J connectivity index is 1.32. The van der Waals surface area contributed by atoms with Crippen LogP contribution in [0.15, 0.2) is 48.5 Å². The SMILES string of the molecule is CC(=O)N1CCN(Cc2ccc(OCCN3CCOCC3)cc2)C[C@@](O)(COc2ccc(C)cc2)C1. The van der Waals surface area contributed by atoms with Gasteiger partial charge < -0.3 is 24.2 Å². The smallest absolute Gasteiger partial charge is 0.219 e. The van der Waals surface area contributed by atoms with E-state index in [1.165, 1.54) is 0 Å². The van der Waals surface area contributed by atoms with Crippen LogP contribution >= 0.6 is 0 Å². The summed E-state index contributed by atoms with van der Waals surface area (Å²) >= 11 is 0. The summed E-state index contributed by atoms with van der Waals surface area (Å²) in [5.41, 5.74) is 1.11. The van der Waals surface area contributed by atoms with Gasteiger partial charge >= 0.3 is 0 Å². The molecule has 1 atom stereocenters. The van der Waals surface area contributed by atoms with Crippen molar-refractivity contribution in [3.8, 4) is 11.5 Å². The molecule has 0 spiro atoms. The monoisotopic (exact) mass is 497 g/mol. The molecule has 2 aromatic carbocycles. The van der Waals surface area contributed by atoms with Crippen molar-refractivity contribution >= 4 is 5.91 Å². The zero-order valence-corrected chi connectivity index (χ0v) is 21.5. The zero-order chi connectivity index (χ0) is 25.4. The fourth-order valence-corrected chi connectivity index (χ4v) is 4.66. The lowest BCUT2D eigenvalue weighted by atomic mass is 10.0. The van der Waals surface area contributed by atoms with E-state index in [9.17, 15) is 9.90 Å². The molecule has 1 amide bonds. The molecule has 8 heteroatoms. The molecule has 2 fully saturated rings. The van der Waals surface area contributed by atoms with Gasteiger partial charge in [-0.15, -0.1) is 0 Å². The summed E-state index contributed by atoms with van der Waals surface area (Å²) in [5.74, 6) is 1.53. The summed E-state index contributed by atoms with van der Waals surface area (Å²) in [6, 6.07) is 15.9. The number of nitrogens with zero attached hydrogens (tertiary/aromatic N) is 3. The van der Waals surface area contributed by atoms with E-state index in [-0.39, 0.29) is 19.1 Å². The van der Waals surface area contributed by atoms with Gasteiger partial charge in [-0.25, -0.2) is 0 Å². The van der Waals surface area contributed by atoms with Gasteiger partial charge in [-0.1, -0.05) is 29.8 Å². The lowest BCUT2D eigenvalue weighted by molar-refractivity contribution is -0.132. The van der Waals surface area contributed by atoms with Crippen LogP contribution in [0.2, 0.25) is 0 Å². The van der Waals surface area contributed by atoms with Gasteiger partial charge in [0.25, 0.3) is 0 Å². The fraction of sp³-hybridized carbons (Fsp3) is 0.536. The lowest BCUT2D eigenvalue weighted by Crippen LogP contribution is -2.51. The number of amides is 1. The van der Waals surface area contributed by atoms with E-state index in [1.54, 1.807) is 11.8 Å². The summed E-state index contributed by atoms with van der Waals surface area (Å²) < 4.78 is 17.3. The second-order valence-electron chi connectivity index (χ2n) is 9.92. The molecule has 0 aromatic heterocycles. The Morgan fingerprint density at radius 1 is 0.917 bits per heavy atom. The van der Waals surface area contributed by atoms with Gasteiger partial charge in [0.05, 0.1) is 19.8 Å². The van der Waals surface area contributed by atoms with E-state index in [2.05, 4.69) is 21.9 Å². The van der Waals surface area contributed by atoms with Crippen LogP contribution in [0, 0.1) is 6.92 Å². The number of carbonyl (C=O) groups excluding carboxylic acids is 1. The van der Waals surface area contributed by atoms with Gasteiger partial charge in [0.15, 0.2) is 0 Å². The molecule has 2 saturated heterocycles. The summed E-state index contributed by atoms with van der Waals surface area (Å²) in [6.45, 7) is 11.3. The van der Waals surface area contributed by atoms with Crippen molar-refractivity contribution in [3.63, 3.8) is 0 Å². The number of aryl methyl sites for hydroxylation is 1. The normalized spacial score (nSPS) is 21.7. The van der Waals surface area contributed by atoms with Crippen molar-refractivity contribution in [1.29, 1.82) is 0 Å². The minimum atomic E-state index is -1.17. The summed E-state index contributed by atoms with van der Waals surface area (Å²) in [4.78, 5) is 18.4. The van der Waals surface area contributed by atoms with E-state index in [0.717, 1.165) is 49.7 Å². The van der Waals surface area contributed by atoms with Crippen molar-refractivity contribution in [2.75, 3.05) is 72.2 Å². The van der Waals surface area contributed by atoms with E-state index >= 15 is 0 Å². The molecule has 2 aromatic rings. The van der Waals surface area contributed by atoms with Crippen LogP contribution in [0.1, 0.15) is 18.1 Å². The van der Waals surface area contributed by atoms with Crippen molar-refractivity contribution in [3.05, 3.63) is 59.7 Å². The molecular formula is C28H39N3O5. The van der Waals surface area contributed by atoms with E-state index in [4.69, 9.17) is 14.2 Å². The van der Waals surface area contributed by atoms with Crippen molar-refractivity contribution in [2.24, 2.45) is 0 Å². The number of hydrogen-bond acceptors (Lipinski definition) is 7. The van der Waals surface area contributed by atoms with Gasteiger partial charge in [-0.3, -0.25) is 14.6 Å².